The first-order valence-electron chi connectivity index (χ1n) is 8.36. The van der Waals surface area contributed by atoms with Crippen LogP contribution in [0.4, 0.5) is 0 Å². The molecule has 6 heteroatoms. The maximum Gasteiger partial charge on any atom is 0.354 e. The highest BCUT2D eigenvalue weighted by Gasteiger charge is 2.25. The summed E-state index contributed by atoms with van der Waals surface area (Å²) in [7, 11) is 0. The van der Waals surface area contributed by atoms with Gasteiger partial charge in [0.15, 0.2) is 11.5 Å². The van der Waals surface area contributed by atoms with E-state index in [2.05, 4.69) is 16.0 Å². The fraction of sp³-hybridized carbons (Fsp3) is 0.368. The molecule has 2 aromatic rings. The van der Waals surface area contributed by atoms with E-state index in [0.717, 1.165) is 37.0 Å². The number of aromatic nitrogens is 2. The third-order valence-electron chi connectivity index (χ3n) is 4.53. The van der Waals surface area contributed by atoms with Crippen molar-refractivity contribution in [3.05, 3.63) is 42.2 Å². The van der Waals surface area contributed by atoms with Gasteiger partial charge in [0, 0.05) is 17.7 Å². The van der Waals surface area contributed by atoms with Crippen molar-refractivity contribution in [1.29, 1.82) is 5.26 Å². The summed E-state index contributed by atoms with van der Waals surface area (Å²) in [5.41, 5.74) is 0.688. The van der Waals surface area contributed by atoms with Crippen molar-refractivity contribution >= 4 is 5.97 Å². The number of benzene rings is 1. The molecule has 1 heterocycles. The molecule has 2 unspecified atom stereocenters. The number of carboxylic acids is 1. The number of nitriles is 1. The van der Waals surface area contributed by atoms with Crippen LogP contribution in [0, 0.1) is 23.2 Å². The van der Waals surface area contributed by atoms with Crippen molar-refractivity contribution in [1.82, 2.24) is 9.97 Å². The lowest BCUT2D eigenvalue weighted by Crippen LogP contribution is -2.24. The van der Waals surface area contributed by atoms with Crippen LogP contribution < -0.4 is 4.74 Å². The molecule has 1 N–H and O–H groups in total. The van der Waals surface area contributed by atoms with Crippen molar-refractivity contribution in [3.8, 4) is 23.2 Å². The summed E-state index contributed by atoms with van der Waals surface area (Å²) in [6.45, 7) is 0.544. The number of aromatic carboxylic acids is 1. The topological polar surface area (TPSA) is 96.1 Å². The molecule has 1 fully saturated rings. The molecule has 1 aromatic heterocycles. The van der Waals surface area contributed by atoms with Gasteiger partial charge in [-0.2, -0.15) is 5.26 Å². The number of nitrogens with zero attached hydrogens (tertiary/aromatic N) is 3. The van der Waals surface area contributed by atoms with E-state index in [4.69, 9.17) is 9.84 Å². The van der Waals surface area contributed by atoms with Gasteiger partial charge in [-0.05, 0) is 43.2 Å². The summed E-state index contributed by atoms with van der Waals surface area (Å²) in [5.74, 6) is 0.376. The van der Waals surface area contributed by atoms with Gasteiger partial charge in [-0.1, -0.05) is 12.8 Å². The summed E-state index contributed by atoms with van der Waals surface area (Å²) in [6.07, 6.45) is 5.70. The van der Waals surface area contributed by atoms with Gasteiger partial charge in [0.05, 0.1) is 18.6 Å². The van der Waals surface area contributed by atoms with Crippen LogP contribution in [0.1, 0.15) is 36.2 Å². The van der Waals surface area contributed by atoms with Gasteiger partial charge >= 0.3 is 5.97 Å². The number of carboxylic acid groups (broad SMARTS) is 1. The molecule has 25 heavy (non-hydrogen) atoms. The van der Waals surface area contributed by atoms with Crippen LogP contribution in [0.3, 0.4) is 0 Å². The number of ether oxygens (including phenoxy) is 1. The van der Waals surface area contributed by atoms with E-state index in [0.29, 0.717) is 12.4 Å². The Hall–Kier alpha value is -2.94. The predicted molar refractivity (Wildman–Crippen MR) is 91.0 cm³/mol. The highest BCUT2D eigenvalue weighted by atomic mass is 16.5. The third kappa shape index (κ3) is 4.13. The molecule has 0 saturated heterocycles. The molecule has 0 bridgehead atoms. The smallest absolute Gasteiger partial charge is 0.354 e. The summed E-state index contributed by atoms with van der Waals surface area (Å²) >= 11 is 0. The van der Waals surface area contributed by atoms with Crippen molar-refractivity contribution in [2.24, 2.45) is 11.8 Å². The van der Waals surface area contributed by atoms with E-state index < -0.39 is 5.97 Å². The Morgan fingerprint density at radius 1 is 1.24 bits per heavy atom. The number of hydrogen-bond acceptors (Lipinski definition) is 5. The van der Waals surface area contributed by atoms with Gasteiger partial charge in [-0.25, -0.2) is 14.8 Å². The summed E-state index contributed by atoms with van der Waals surface area (Å²) in [4.78, 5) is 19.1. The molecular weight excluding hydrogens is 318 g/mol. The van der Waals surface area contributed by atoms with E-state index in [9.17, 15) is 10.1 Å². The zero-order chi connectivity index (χ0) is 17.6. The molecular formula is C19H19N3O3. The minimum Gasteiger partial charge on any atom is -0.493 e. The average molecular weight is 337 g/mol. The number of rotatable bonds is 5. The molecule has 0 aliphatic heterocycles. The first-order chi connectivity index (χ1) is 12.2. The maximum atomic E-state index is 11.0. The fourth-order valence-corrected chi connectivity index (χ4v) is 3.10. The highest BCUT2D eigenvalue weighted by Crippen LogP contribution is 2.30. The molecule has 6 nitrogen and oxygen atoms in total. The van der Waals surface area contributed by atoms with Gasteiger partial charge in [0.2, 0.25) is 0 Å². The molecule has 0 amide bonds. The fourth-order valence-electron chi connectivity index (χ4n) is 3.10. The Labute approximate surface area is 146 Å². The zero-order valence-corrected chi connectivity index (χ0v) is 13.8. The molecule has 2 atom stereocenters. The van der Waals surface area contributed by atoms with E-state index in [1.807, 2.05) is 12.1 Å². The van der Waals surface area contributed by atoms with Gasteiger partial charge in [-0.15, -0.1) is 0 Å². The molecule has 1 aliphatic rings. The van der Waals surface area contributed by atoms with Crippen molar-refractivity contribution in [2.45, 2.75) is 25.7 Å². The van der Waals surface area contributed by atoms with Gasteiger partial charge < -0.3 is 9.84 Å². The Kier molecular flexibility index (Phi) is 5.24. The van der Waals surface area contributed by atoms with Crippen LogP contribution in [0.5, 0.6) is 5.75 Å². The Bertz CT molecular complexity index is 783. The predicted octanol–water partition coefficient (Wildman–Crippen LogP) is 3.55. The van der Waals surface area contributed by atoms with Crippen LogP contribution in [0.15, 0.2) is 36.5 Å². The molecule has 1 aromatic carbocycles. The van der Waals surface area contributed by atoms with Crippen LogP contribution in [-0.2, 0) is 0 Å². The summed E-state index contributed by atoms with van der Waals surface area (Å²) in [6, 6.07) is 11.0. The molecule has 1 saturated carbocycles. The number of hydrogen-bond donors (Lipinski definition) is 1. The maximum absolute atomic E-state index is 11.0. The van der Waals surface area contributed by atoms with Crippen LogP contribution in [-0.4, -0.2) is 27.7 Å². The lowest BCUT2D eigenvalue weighted by molar-refractivity contribution is 0.0690. The minimum absolute atomic E-state index is 0.0369. The van der Waals surface area contributed by atoms with Crippen molar-refractivity contribution in [3.63, 3.8) is 0 Å². The lowest BCUT2D eigenvalue weighted by atomic mass is 9.81. The Morgan fingerprint density at radius 2 is 2.00 bits per heavy atom. The van der Waals surface area contributed by atoms with E-state index in [-0.39, 0.29) is 17.5 Å². The van der Waals surface area contributed by atoms with Gasteiger partial charge in [0.25, 0.3) is 0 Å². The zero-order valence-electron chi connectivity index (χ0n) is 13.8. The SMILES string of the molecule is N#CC1CCCCC1COc1ccc(-c2nccc(C(=O)O)n2)cc1. The van der Waals surface area contributed by atoms with Gasteiger partial charge in [0.1, 0.15) is 5.75 Å². The average Bonchev–Trinajstić information content (AvgIpc) is 2.67. The largest absolute Gasteiger partial charge is 0.493 e. The van der Waals surface area contributed by atoms with E-state index in [1.165, 1.54) is 12.3 Å². The van der Waals surface area contributed by atoms with Crippen molar-refractivity contribution in [2.75, 3.05) is 6.61 Å². The first-order valence-corrected chi connectivity index (χ1v) is 8.36. The molecule has 3 rings (SSSR count). The minimum atomic E-state index is -1.08. The third-order valence-corrected chi connectivity index (χ3v) is 4.53. The standard InChI is InChI=1S/C19H19N3O3/c20-11-14-3-1-2-4-15(14)12-25-16-7-5-13(6-8-16)18-21-10-9-17(22-18)19(23)24/h5-10,14-15H,1-4,12H2,(H,23,24). The summed E-state index contributed by atoms with van der Waals surface area (Å²) < 4.78 is 5.84. The Balaban J connectivity index is 1.65. The van der Waals surface area contributed by atoms with Crippen molar-refractivity contribution < 1.29 is 14.6 Å². The van der Waals surface area contributed by atoms with E-state index >= 15 is 0 Å². The monoisotopic (exact) mass is 337 g/mol. The van der Waals surface area contributed by atoms with Crippen LogP contribution in [0.25, 0.3) is 11.4 Å². The van der Waals surface area contributed by atoms with Crippen LogP contribution >= 0.6 is 0 Å². The highest BCUT2D eigenvalue weighted by molar-refractivity contribution is 5.85. The quantitative estimate of drug-likeness (QED) is 0.896. The second-order valence-corrected chi connectivity index (χ2v) is 6.19. The van der Waals surface area contributed by atoms with Crippen LogP contribution in [0.2, 0.25) is 0 Å². The summed E-state index contributed by atoms with van der Waals surface area (Å²) in [5, 5.41) is 18.2. The second-order valence-electron chi connectivity index (χ2n) is 6.19. The Morgan fingerprint density at radius 3 is 2.72 bits per heavy atom. The first kappa shape index (κ1) is 16.9. The number of carbonyl (C=O) groups is 1. The molecule has 0 radical (unpaired) electrons. The molecule has 128 valence electrons. The molecule has 0 spiro atoms. The molecule has 1 aliphatic carbocycles. The normalized spacial score (nSPS) is 19.8. The van der Waals surface area contributed by atoms with E-state index in [1.54, 1.807) is 12.1 Å². The second kappa shape index (κ2) is 7.75. The van der Waals surface area contributed by atoms with Gasteiger partial charge in [-0.3, -0.25) is 0 Å². The lowest BCUT2D eigenvalue weighted by Gasteiger charge is -2.26.